The SMILES string of the molecule is Cc1cc(-c2n[nH]c(-c3ncc(C4CCN(C(C)C)CC4)s3)c2C(C)C)cc(C)n1. The van der Waals surface area contributed by atoms with Crippen LogP contribution in [0, 0.1) is 13.8 Å². The van der Waals surface area contributed by atoms with Gasteiger partial charge in [0.05, 0.1) is 11.4 Å². The second-order valence-corrected chi connectivity index (χ2v) is 10.2. The minimum absolute atomic E-state index is 0.351. The quantitative estimate of drug-likeness (QED) is 0.553. The van der Waals surface area contributed by atoms with E-state index in [0.29, 0.717) is 17.9 Å². The summed E-state index contributed by atoms with van der Waals surface area (Å²) in [7, 11) is 0. The predicted octanol–water partition coefficient (Wildman–Crippen LogP) is 5.92. The lowest BCUT2D eigenvalue weighted by Crippen LogP contribution is -2.37. The van der Waals surface area contributed by atoms with Gasteiger partial charge >= 0.3 is 0 Å². The van der Waals surface area contributed by atoms with Crippen LogP contribution in [0.15, 0.2) is 18.3 Å². The zero-order chi connectivity index (χ0) is 21.4. The molecule has 1 fully saturated rings. The minimum atomic E-state index is 0.351. The number of H-pyrrole nitrogens is 1. The summed E-state index contributed by atoms with van der Waals surface area (Å²) in [5, 5.41) is 9.10. The van der Waals surface area contributed by atoms with Gasteiger partial charge in [0.2, 0.25) is 0 Å². The van der Waals surface area contributed by atoms with Crippen LogP contribution in [0.25, 0.3) is 22.0 Å². The Hall–Kier alpha value is -2.05. The Morgan fingerprint density at radius 3 is 2.33 bits per heavy atom. The van der Waals surface area contributed by atoms with Crippen LogP contribution in [0.1, 0.15) is 74.2 Å². The molecule has 0 atom stereocenters. The zero-order valence-electron chi connectivity index (χ0n) is 19.0. The number of nitrogens with one attached hydrogen (secondary N) is 1. The number of hydrogen-bond donors (Lipinski definition) is 1. The number of aromatic amines is 1. The molecule has 3 aromatic rings. The first-order chi connectivity index (χ1) is 14.3. The van der Waals surface area contributed by atoms with Gasteiger partial charge in [-0.15, -0.1) is 11.3 Å². The number of pyridine rings is 1. The monoisotopic (exact) mass is 423 g/mol. The third-order valence-electron chi connectivity index (χ3n) is 6.14. The topological polar surface area (TPSA) is 57.7 Å². The molecule has 1 N–H and O–H groups in total. The summed E-state index contributed by atoms with van der Waals surface area (Å²) < 4.78 is 0. The van der Waals surface area contributed by atoms with E-state index in [1.807, 2.05) is 25.2 Å². The van der Waals surface area contributed by atoms with E-state index in [2.05, 4.69) is 61.0 Å². The Morgan fingerprint density at radius 1 is 1.07 bits per heavy atom. The summed E-state index contributed by atoms with van der Waals surface area (Å²) >= 11 is 1.84. The van der Waals surface area contributed by atoms with Gasteiger partial charge in [0.25, 0.3) is 0 Å². The maximum Gasteiger partial charge on any atom is 0.141 e. The summed E-state index contributed by atoms with van der Waals surface area (Å²) in [6.07, 6.45) is 4.54. The third kappa shape index (κ3) is 4.21. The van der Waals surface area contributed by atoms with Crippen molar-refractivity contribution in [3.05, 3.63) is 40.2 Å². The van der Waals surface area contributed by atoms with E-state index in [-0.39, 0.29) is 0 Å². The van der Waals surface area contributed by atoms with Gasteiger partial charge in [-0.05, 0) is 77.6 Å². The van der Waals surface area contributed by atoms with Crippen molar-refractivity contribution in [3.8, 4) is 22.0 Å². The second-order valence-electron chi connectivity index (χ2n) is 9.13. The van der Waals surface area contributed by atoms with Gasteiger partial charge in [-0.1, -0.05) is 13.8 Å². The van der Waals surface area contributed by atoms with Crippen molar-refractivity contribution < 1.29 is 0 Å². The molecule has 5 nitrogen and oxygen atoms in total. The highest BCUT2D eigenvalue weighted by atomic mass is 32.1. The lowest BCUT2D eigenvalue weighted by molar-refractivity contribution is 0.172. The minimum Gasteiger partial charge on any atom is -0.301 e. The number of hydrogen-bond acceptors (Lipinski definition) is 5. The molecule has 6 heteroatoms. The molecule has 0 amide bonds. The van der Waals surface area contributed by atoms with E-state index in [9.17, 15) is 0 Å². The van der Waals surface area contributed by atoms with Crippen LogP contribution in [-0.2, 0) is 0 Å². The average Bonchev–Trinajstić information content (AvgIpc) is 3.34. The number of rotatable bonds is 5. The number of likely N-dealkylation sites (tertiary alicyclic amines) is 1. The molecule has 3 aromatic heterocycles. The highest BCUT2D eigenvalue weighted by molar-refractivity contribution is 7.15. The van der Waals surface area contributed by atoms with Gasteiger partial charge in [0, 0.05) is 39.6 Å². The fraction of sp³-hybridized carbons (Fsp3) is 0.542. The standard InChI is InChI=1S/C24H33N5S/c1-14(2)21-22(19-11-16(5)26-17(6)12-19)27-28-23(21)24-25-13-20(30-24)18-7-9-29(10-8-18)15(3)4/h11-15,18H,7-10H2,1-6H3,(H,27,28). The first-order valence-electron chi connectivity index (χ1n) is 11.1. The van der Waals surface area contributed by atoms with Gasteiger partial charge in [-0.25, -0.2) is 4.98 Å². The Balaban J connectivity index is 1.63. The van der Waals surface area contributed by atoms with E-state index >= 15 is 0 Å². The van der Waals surface area contributed by atoms with E-state index < -0.39 is 0 Å². The Morgan fingerprint density at radius 2 is 1.73 bits per heavy atom. The van der Waals surface area contributed by atoms with E-state index in [1.165, 1.54) is 36.4 Å². The zero-order valence-corrected chi connectivity index (χ0v) is 19.8. The normalized spacial score (nSPS) is 16.1. The van der Waals surface area contributed by atoms with Crippen molar-refractivity contribution in [2.75, 3.05) is 13.1 Å². The van der Waals surface area contributed by atoms with Crippen molar-refractivity contribution in [3.63, 3.8) is 0 Å². The van der Waals surface area contributed by atoms with Gasteiger partial charge in [-0.2, -0.15) is 5.10 Å². The molecule has 0 spiro atoms. The van der Waals surface area contributed by atoms with Crippen LogP contribution in [-0.4, -0.2) is 44.2 Å². The van der Waals surface area contributed by atoms with Crippen molar-refractivity contribution in [2.45, 2.75) is 72.3 Å². The first-order valence-corrected chi connectivity index (χ1v) is 11.9. The van der Waals surface area contributed by atoms with Crippen LogP contribution in [0.3, 0.4) is 0 Å². The van der Waals surface area contributed by atoms with Crippen LogP contribution in [0.4, 0.5) is 0 Å². The van der Waals surface area contributed by atoms with Crippen molar-refractivity contribution in [1.82, 2.24) is 25.1 Å². The Bertz CT molecular complexity index is 988. The maximum atomic E-state index is 4.82. The summed E-state index contributed by atoms with van der Waals surface area (Å²) in [5.74, 6) is 0.978. The van der Waals surface area contributed by atoms with E-state index in [0.717, 1.165) is 33.3 Å². The summed E-state index contributed by atoms with van der Waals surface area (Å²) in [4.78, 5) is 13.3. The van der Waals surface area contributed by atoms with E-state index in [1.54, 1.807) is 0 Å². The average molecular weight is 424 g/mol. The second kappa shape index (κ2) is 8.60. The largest absolute Gasteiger partial charge is 0.301 e. The molecule has 4 heterocycles. The van der Waals surface area contributed by atoms with Gasteiger partial charge in [-0.3, -0.25) is 10.1 Å². The molecule has 1 aliphatic rings. The first kappa shape index (κ1) is 21.2. The maximum absolute atomic E-state index is 4.82. The summed E-state index contributed by atoms with van der Waals surface area (Å²) in [6.45, 7) is 15.5. The van der Waals surface area contributed by atoms with Crippen molar-refractivity contribution in [2.24, 2.45) is 0 Å². The van der Waals surface area contributed by atoms with Gasteiger partial charge in [0.15, 0.2) is 0 Å². The fourth-order valence-corrected chi connectivity index (χ4v) is 5.65. The molecular formula is C24H33N5S. The highest BCUT2D eigenvalue weighted by Crippen LogP contribution is 2.40. The highest BCUT2D eigenvalue weighted by Gasteiger charge is 2.26. The number of thiazole rings is 1. The fourth-order valence-electron chi connectivity index (χ4n) is 4.56. The molecule has 1 saturated heterocycles. The summed E-state index contributed by atoms with van der Waals surface area (Å²) in [5.41, 5.74) is 6.51. The van der Waals surface area contributed by atoms with Gasteiger partial charge in [0.1, 0.15) is 5.01 Å². The number of nitrogens with zero attached hydrogens (tertiary/aromatic N) is 4. The lowest BCUT2D eigenvalue weighted by atomic mass is 9.95. The Kier molecular flexibility index (Phi) is 6.07. The molecule has 0 saturated carbocycles. The van der Waals surface area contributed by atoms with E-state index in [4.69, 9.17) is 10.1 Å². The smallest absolute Gasteiger partial charge is 0.141 e. The Labute approximate surface area is 184 Å². The summed E-state index contributed by atoms with van der Waals surface area (Å²) in [6, 6.07) is 4.88. The molecule has 0 radical (unpaired) electrons. The molecule has 0 aromatic carbocycles. The lowest BCUT2D eigenvalue weighted by Gasteiger charge is -2.34. The van der Waals surface area contributed by atoms with Crippen molar-refractivity contribution >= 4 is 11.3 Å². The molecular weight excluding hydrogens is 390 g/mol. The molecule has 1 aliphatic heterocycles. The molecule has 0 bridgehead atoms. The molecule has 160 valence electrons. The molecule has 30 heavy (non-hydrogen) atoms. The predicted molar refractivity (Wildman–Crippen MR) is 125 cm³/mol. The van der Waals surface area contributed by atoms with Gasteiger partial charge < -0.3 is 4.90 Å². The molecule has 0 aliphatic carbocycles. The van der Waals surface area contributed by atoms with Crippen LogP contribution < -0.4 is 0 Å². The number of aryl methyl sites for hydroxylation is 2. The van der Waals surface area contributed by atoms with Crippen LogP contribution in [0.2, 0.25) is 0 Å². The molecule has 4 rings (SSSR count). The van der Waals surface area contributed by atoms with Crippen LogP contribution in [0.5, 0.6) is 0 Å². The third-order valence-corrected chi connectivity index (χ3v) is 7.31. The molecule has 0 unspecified atom stereocenters. The number of aromatic nitrogens is 4. The van der Waals surface area contributed by atoms with Crippen molar-refractivity contribution in [1.29, 1.82) is 0 Å². The number of piperidine rings is 1. The van der Waals surface area contributed by atoms with Crippen LogP contribution >= 0.6 is 11.3 Å².